The minimum absolute atomic E-state index is 0.135. The summed E-state index contributed by atoms with van der Waals surface area (Å²) in [5.74, 6) is 0.808. The van der Waals surface area contributed by atoms with Crippen molar-refractivity contribution in [2.45, 2.75) is 26.9 Å². The largest absolute Gasteiger partial charge is 0.416 e. The number of hydrogen-bond donors (Lipinski definition) is 2. The van der Waals surface area contributed by atoms with Crippen LogP contribution in [0.25, 0.3) is 0 Å². The van der Waals surface area contributed by atoms with Crippen LogP contribution in [-0.4, -0.2) is 11.5 Å². The molecule has 0 radical (unpaired) electrons. The van der Waals surface area contributed by atoms with E-state index in [9.17, 15) is 13.2 Å². The predicted molar refractivity (Wildman–Crippen MR) is 66.1 cm³/mol. The van der Waals surface area contributed by atoms with Gasteiger partial charge in [-0.25, -0.2) is 4.98 Å². The van der Waals surface area contributed by atoms with Crippen LogP contribution in [0.15, 0.2) is 12.1 Å². The maximum atomic E-state index is 12.6. The number of nitrogens with two attached hydrogens (primary N) is 1. The number of anilines is 2. The van der Waals surface area contributed by atoms with E-state index in [0.717, 1.165) is 12.1 Å². The van der Waals surface area contributed by atoms with Crippen LogP contribution in [0, 0.1) is 11.8 Å². The standard InChI is InChI=1S/C12H18F3N3/c1-7(2)8(3)6-17-11-5-9(12(13,14)15)4-10(16)18-11/h4-5,7-8H,6H2,1-3H3,(H3,16,17,18). The molecule has 0 aromatic carbocycles. The average molecular weight is 261 g/mol. The van der Waals surface area contributed by atoms with E-state index in [2.05, 4.69) is 24.1 Å². The fraction of sp³-hybridized carbons (Fsp3) is 0.583. The van der Waals surface area contributed by atoms with Gasteiger partial charge >= 0.3 is 6.18 Å². The van der Waals surface area contributed by atoms with E-state index in [-0.39, 0.29) is 11.6 Å². The van der Waals surface area contributed by atoms with Crippen molar-refractivity contribution < 1.29 is 13.2 Å². The van der Waals surface area contributed by atoms with Gasteiger partial charge in [-0.1, -0.05) is 20.8 Å². The van der Waals surface area contributed by atoms with Gasteiger partial charge in [0.05, 0.1) is 5.56 Å². The molecule has 0 saturated carbocycles. The van der Waals surface area contributed by atoms with Crippen LogP contribution < -0.4 is 11.1 Å². The number of nitrogens with zero attached hydrogens (tertiary/aromatic N) is 1. The van der Waals surface area contributed by atoms with E-state index in [1.54, 1.807) is 0 Å². The molecule has 0 spiro atoms. The summed E-state index contributed by atoms with van der Waals surface area (Å²) in [6.07, 6.45) is -4.41. The van der Waals surface area contributed by atoms with Gasteiger partial charge in [0.2, 0.25) is 0 Å². The van der Waals surface area contributed by atoms with E-state index in [1.165, 1.54) is 0 Å². The molecule has 0 aliphatic heterocycles. The number of alkyl halides is 3. The quantitative estimate of drug-likeness (QED) is 0.873. The molecule has 1 rings (SSSR count). The highest BCUT2D eigenvalue weighted by Gasteiger charge is 2.31. The second kappa shape index (κ2) is 5.46. The van der Waals surface area contributed by atoms with Crippen LogP contribution in [0.2, 0.25) is 0 Å². The molecule has 6 heteroatoms. The number of halogens is 3. The van der Waals surface area contributed by atoms with Crippen LogP contribution >= 0.6 is 0 Å². The summed E-state index contributed by atoms with van der Waals surface area (Å²) in [7, 11) is 0. The maximum Gasteiger partial charge on any atom is 0.416 e. The summed E-state index contributed by atoms with van der Waals surface area (Å²) in [6, 6.07) is 1.81. The lowest BCUT2D eigenvalue weighted by molar-refractivity contribution is -0.137. The molecule has 3 nitrogen and oxygen atoms in total. The first-order chi connectivity index (χ1) is 8.20. The van der Waals surface area contributed by atoms with Crippen LogP contribution in [0.3, 0.4) is 0 Å². The lowest BCUT2D eigenvalue weighted by Gasteiger charge is -2.17. The highest BCUT2D eigenvalue weighted by atomic mass is 19.4. The van der Waals surface area contributed by atoms with E-state index in [0.29, 0.717) is 18.4 Å². The number of rotatable bonds is 4. The van der Waals surface area contributed by atoms with Crippen molar-refractivity contribution in [3.8, 4) is 0 Å². The van der Waals surface area contributed by atoms with Crippen LogP contribution in [-0.2, 0) is 6.18 Å². The SMILES string of the molecule is CC(C)C(C)CNc1cc(C(F)(F)F)cc(N)n1. The van der Waals surface area contributed by atoms with Crippen molar-refractivity contribution in [2.24, 2.45) is 11.8 Å². The maximum absolute atomic E-state index is 12.6. The van der Waals surface area contributed by atoms with Crippen molar-refractivity contribution in [3.05, 3.63) is 17.7 Å². The van der Waals surface area contributed by atoms with Crippen molar-refractivity contribution in [3.63, 3.8) is 0 Å². The molecule has 0 aliphatic rings. The molecule has 0 bridgehead atoms. The molecule has 1 aromatic rings. The summed E-state index contributed by atoms with van der Waals surface area (Å²) in [6.45, 7) is 6.70. The molecule has 18 heavy (non-hydrogen) atoms. The summed E-state index contributed by atoms with van der Waals surface area (Å²) in [5.41, 5.74) is 4.59. The minimum Gasteiger partial charge on any atom is -0.384 e. The topological polar surface area (TPSA) is 50.9 Å². The van der Waals surface area contributed by atoms with E-state index < -0.39 is 11.7 Å². The summed E-state index contributed by atoms with van der Waals surface area (Å²) < 4.78 is 37.7. The molecular formula is C12H18F3N3. The Morgan fingerprint density at radius 3 is 2.39 bits per heavy atom. The van der Waals surface area contributed by atoms with E-state index in [1.807, 2.05) is 6.92 Å². The summed E-state index contributed by atoms with van der Waals surface area (Å²) in [4.78, 5) is 3.85. The number of nitrogens with one attached hydrogen (secondary N) is 1. The average Bonchev–Trinajstić information content (AvgIpc) is 2.23. The Hall–Kier alpha value is -1.46. The van der Waals surface area contributed by atoms with E-state index >= 15 is 0 Å². The number of hydrogen-bond acceptors (Lipinski definition) is 3. The first-order valence-corrected chi connectivity index (χ1v) is 5.78. The molecule has 1 aromatic heterocycles. The molecule has 0 amide bonds. The van der Waals surface area contributed by atoms with E-state index in [4.69, 9.17) is 5.73 Å². The Morgan fingerprint density at radius 1 is 1.28 bits per heavy atom. The Morgan fingerprint density at radius 2 is 1.89 bits per heavy atom. The van der Waals surface area contributed by atoms with Gasteiger partial charge < -0.3 is 11.1 Å². The third-order valence-electron chi connectivity index (χ3n) is 2.92. The highest BCUT2D eigenvalue weighted by molar-refractivity contribution is 5.47. The van der Waals surface area contributed by atoms with Crippen molar-refractivity contribution >= 4 is 11.6 Å². The summed E-state index contributed by atoms with van der Waals surface area (Å²) >= 11 is 0. The molecule has 0 fully saturated rings. The van der Waals surface area contributed by atoms with Gasteiger partial charge in [0.1, 0.15) is 11.6 Å². The Kier molecular flexibility index (Phi) is 4.43. The Balaban J connectivity index is 2.81. The summed E-state index contributed by atoms with van der Waals surface area (Å²) in [5, 5.41) is 2.89. The lowest BCUT2D eigenvalue weighted by Crippen LogP contribution is -2.17. The zero-order valence-electron chi connectivity index (χ0n) is 10.7. The normalized spacial score (nSPS) is 13.7. The van der Waals surface area contributed by atoms with Crippen LogP contribution in [0.1, 0.15) is 26.3 Å². The zero-order valence-corrected chi connectivity index (χ0v) is 10.7. The molecule has 1 atom stereocenters. The first kappa shape index (κ1) is 14.6. The molecule has 1 heterocycles. The molecular weight excluding hydrogens is 243 g/mol. The van der Waals surface area contributed by atoms with Crippen LogP contribution in [0.4, 0.5) is 24.8 Å². The van der Waals surface area contributed by atoms with Gasteiger partial charge in [0.25, 0.3) is 0 Å². The van der Waals surface area contributed by atoms with Crippen molar-refractivity contribution in [1.29, 1.82) is 0 Å². The second-order valence-corrected chi connectivity index (χ2v) is 4.77. The molecule has 0 saturated heterocycles. The van der Waals surface area contributed by atoms with Gasteiger partial charge in [-0.3, -0.25) is 0 Å². The van der Waals surface area contributed by atoms with Crippen LogP contribution in [0.5, 0.6) is 0 Å². The third-order valence-corrected chi connectivity index (χ3v) is 2.92. The fourth-order valence-corrected chi connectivity index (χ4v) is 1.31. The Labute approximate surface area is 105 Å². The molecule has 3 N–H and O–H groups in total. The molecule has 102 valence electrons. The number of aromatic nitrogens is 1. The first-order valence-electron chi connectivity index (χ1n) is 5.78. The molecule has 1 unspecified atom stereocenters. The predicted octanol–water partition coefficient (Wildman–Crippen LogP) is 3.39. The minimum atomic E-state index is -4.41. The molecule has 0 aliphatic carbocycles. The van der Waals surface area contributed by atoms with Gasteiger partial charge in [-0.15, -0.1) is 0 Å². The highest BCUT2D eigenvalue weighted by Crippen LogP contribution is 2.31. The lowest BCUT2D eigenvalue weighted by atomic mass is 9.98. The zero-order chi connectivity index (χ0) is 13.9. The monoisotopic (exact) mass is 261 g/mol. The Bertz CT molecular complexity index is 402. The van der Waals surface area contributed by atoms with Crippen molar-refractivity contribution in [2.75, 3.05) is 17.6 Å². The smallest absolute Gasteiger partial charge is 0.384 e. The van der Waals surface area contributed by atoms with Gasteiger partial charge in [0.15, 0.2) is 0 Å². The number of pyridine rings is 1. The number of nitrogen functional groups attached to an aromatic ring is 1. The van der Waals surface area contributed by atoms with Gasteiger partial charge in [-0.2, -0.15) is 13.2 Å². The van der Waals surface area contributed by atoms with Crippen molar-refractivity contribution in [1.82, 2.24) is 4.98 Å². The fourth-order valence-electron chi connectivity index (χ4n) is 1.31. The second-order valence-electron chi connectivity index (χ2n) is 4.77. The third kappa shape index (κ3) is 4.09. The van der Waals surface area contributed by atoms with Gasteiger partial charge in [-0.05, 0) is 24.0 Å². The van der Waals surface area contributed by atoms with Gasteiger partial charge in [0, 0.05) is 6.54 Å².